The number of hydrogen-bond donors (Lipinski definition) is 0. The summed E-state index contributed by atoms with van der Waals surface area (Å²) < 4.78 is 0. The molecule has 0 saturated heterocycles. The zero-order chi connectivity index (χ0) is 21.4. The summed E-state index contributed by atoms with van der Waals surface area (Å²) in [5, 5.41) is 15.4. The van der Waals surface area contributed by atoms with E-state index in [0.717, 1.165) is 26.3 Å². The van der Waals surface area contributed by atoms with Gasteiger partial charge >= 0.3 is 0 Å². The van der Waals surface area contributed by atoms with E-state index in [1.165, 1.54) is 11.8 Å². The number of thioether (sulfide) groups is 1. The van der Waals surface area contributed by atoms with Crippen LogP contribution in [0.5, 0.6) is 0 Å². The van der Waals surface area contributed by atoms with E-state index in [1.54, 1.807) is 6.34 Å². The first-order chi connectivity index (χ1) is 14.6. The van der Waals surface area contributed by atoms with Crippen molar-refractivity contribution in [3.63, 3.8) is 0 Å². The van der Waals surface area contributed by atoms with Crippen molar-refractivity contribution in [2.75, 3.05) is 20.4 Å². The number of hydrogen-bond acceptors (Lipinski definition) is 3. The maximum atomic E-state index is 10.5. The van der Waals surface area contributed by atoms with Crippen LogP contribution in [0.25, 0.3) is 0 Å². The van der Waals surface area contributed by atoms with Gasteiger partial charge < -0.3 is 28.9 Å². The highest BCUT2D eigenvalue weighted by atomic mass is 127. The minimum Gasteiger partial charge on any atom is -1.00 e. The molecule has 31 heavy (non-hydrogen) atoms. The van der Waals surface area contributed by atoms with Gasteiger partial charge in [0.1, 0.15) is 22.0 Å². The second kappa shape index (κ2) is 12.0. The molecule has 158 valence electrons. The van der Waals surface area contributed by atoms with Crippen molar-refractivity contribution in [1.29, 1.82) is 5.26 Å². The number of allylic oxidation sites excluding steroid dienone is 1. The molecule has 3 nitrogen and oxygen atoms in total. The maximum Gasteiger partial charge on any atom is 0.217 e. The number of nitrogens with zero attached hydrogens (tertiary/aromatic N) is 3. The maximum absolute atomic E-state index is 10.5. The molecule has 0 aliphatic heterocycles. The van der Waals surface area contributed by atoms with Gasteiger partial charge in [-0.2, -0.15) is 5.26 Å². The summed E-state index contributed by atoms with van der Waals surface area (Å²) in [6.45, 7) is 0. The molecule has 0 radical (unpaired) electrons. The van der Waals surface area contributed by atoms with Gasteiger partial charge in [-0.1, -0.05) is 54.6 Å². The van der Waals surface area contributed by atoms with E-state index in [0.29, 0.717) is 0 Å². The number of nitriles is 1. The lowest BCUT2D eigenvalue weighted by Gasteiger charge is -2.27. The quantitative estimate of drug-likeness (QED) is 0.146. The Morgan fingerprint density at radius 1 is 0.839 bits per heavy atom. The third-order valence-corrected chi connectivity index (χ3v) is 9.72. The molecule has 0 saturated carbocycles. The number of aliphatic imine (C=N–C) groups is 1. The van der Waals surface area contributed by atoms with E-state index in [9.17, 15) is 5.26 Å². The molecule has 3 rings (SSSR count). The molecule has 0 aliphatic rings. The van der Waals surface area contributed by atoms with Crippen molar-refractivity contribution in [3.05, 3.63) is 101 Å². The monoisotopic (exact) mass is 557 g/mol. The van der Waals surface area contributed by atoms with Crippen LogP contribution in [-0.2, 0) is 0 Å². The number of rotatable bonds is 7. The van der Waals surface area contributed by atoms with E-state index in [-0.39, 0.29) is 24.0 Å². The molecule has 0 bridgehead atoms. The first kappa shape index (κ1) is 25.1. The largest absolute Gasteiger partial charge is 1.00 e. The molecule has 0 heterocycles. The summed E-state index contributed by atoms with van der Waals surface area (Å²) in [5.41, 5.74) is 0. The van der Waals surface area contributed by atoms with Gasteiger partial charge in [0.05, 0.1) is 6.34 Å². The summed E-state index contributed by atoms with van der Waals surface area (Å²) in [6.07, 6.45) is 3.74. The Morgan fingerprint density at radius 3 is 1.52 bits per heavy atom. The van der Waals surface area contributed by atoms with Gasteiger partial charge in [-0.05, 0) is 42.7 Å². The van der Waals surface area contributed by atoms with Gasteiger partial charge in [0.25, 0.3) is 0 Å². The minimum atomic E-state index is -2.43. The number of benzene rings is 3. The first-order valence-corrected chi connectivity index (χ1v) is 12.6. The van der Waals surface area contributed by atoms with E-state index < -0.39 is 7.26 Å². The van der Waals surface area contributed by atoms with Crippen LogP contribution in [0.2, 0.25) is 0 Å². The van der Waals surface area contributed by atoms with Gasteiger partial charge in [0.2, 0.25) is 5.31 Å². The Balaban J connectivity index is 0.00000341. The predicted octanol–water partition coefficient (Wildman–Crippen LogP) is 1.63. The fourth-order valence-electron chi connectivity index (χ4n) is 3.43. The van der Waals surface area contributed by atoms with E-state index in [2.05, 4.69) is 42.5 Å². The van der Waals surface area contributed by atoms with Gasteiger partial charge in [0, 0.05) is 14.1 Å². The van der Waals surface area contributed by atoms with Crippen molar-refractivity contribution in [2.45, 2.75) is 0 Å². The molecule has 3 aromatic carbocycles. The second-order valence-corrected chi connectivity index (χ2v) is 11.0. The topological polar surface area (TPSA) is 39.4 Å². The number of halogens is 1. The van der Waals surface area contributed by atoms with Crippen molar-refractivity contribution >= 4 is 41.3 Å². The highest BCUT2D eigenvalue weighted by Crippen LogP contribution is 2.63. The lowest BCUT2D eigenvalue weighted by molar-refractivity contribution is -0.00000616. The average molecular weight is 557 g/mol. The summed E-state index contributed by atoms with van der Waals surface area (Å²) in [7, 11) is 1.43. The van der Waals surface area contributed by atoms with Crippen molar-refractivity contribution in [1.82, 2.24) is 4.90 Å². The molecule has 3 aromatic rings. The van der Waals surface area contributed by atoms with Gasteiger partial charge in [-0.25, -0.2) is 4.99 Å². The molecular formula is C25H25IN3PS. The molecule has 0 spiro atoms. The average Bonchev–Trinajstić information content (AvgIpc) is 2.80. The van der Waals surface area contributed by atoms with E-state index in [4.69, 9.17) is 4.99 Å². The summed E-state index contributed by atoms with van der Waals surface area (Å²) in [4.78, 5) is 6.59. The Kier molecular flexibility index (Phi) is 9.77. The minimum absolute atomic E-state index is 0. The third kappa shape index (κ3) is 5.38. The van der Waals surface area contributed by atoms with Gasteiger partial charge in [-0.3, -0.25) is 0 Å². The fourth-order valence-corrected chi connectivity index (χ4v) is 8.53. The first-order valence-electron chi connectivity index (χ1n) is 9.60. The zero-order valence-electron chi connectivity index (χ0n) is 17.8. The molecule has 0 aromatic heterocycles. The van der Waals surface area contributed by atoms with Crippen LogP contribution in [-0.4, -0.2) is 31.6 Å². The molecule has 0 amide bonds. The predicted molar refractivity (Wildman–Crippen MR) is 133 cm³/mol. The van der Waals surface area contributed by atoms with Gasteiger partial charge in [0.15, 0.2) is 12.3 Å². The standard InChI is InChI=1S/C25H25N3PS.HI/c1-28(2)20-27-25(30-3)24(19-26)29(21-13-7-4-8-14-21,22-15-9-5-10-16-22)23-17-11-6-12-18-23;/h4-18,20H,1-3H3;1H/q+1;/p-1/b25-24+,27-20+;. The van der Waals surface area contributed by atoms with Crippen LogP contribution in [0.3, 0.4) is 0 Å². The van der Waals surface area contributed by atoms with Crippen LogP contribution in [0.4, 0.5) is 0 Å². The van der Waals surface area contributed by atoms with Crippen molar-refractivity contribution in [2.24, 2.45) is 4.99 Å². The van der Waals surface area contributed by atoms with Crippen molar-refractivity contribution in [3.8, 4) is 6.07 Å². The van der Waals surface area contributed by atoms with Crippen molar-refractivity contribution < 1.29 is 24.0 Å². The lowest BCUT2D eigenvalue weighted by Crippen LogP contribution is -3.00. The highest BCUT2D eigenvalue weighted by molar-refractivity contribution is 8.04. The molecule has 0 fully saturated rings. The third-order valence-electron chi connectivity index (χ3n) is 4.67. The lowest BCUT2D eigenvalue weighted by atomic mass is 10.4. The van der Waals surface area contributed by atoms with Crippen LogP contribution in [0.15, 0.2) is 106 Å². The summed E-state index contributed by atoms with van der Waals surface area (Å²) in [6, 6.07) is 33.8. The Bertz CT molecular complexity index is 966. The summed E-state index contributed by atoms with van der Waals surface area (Å²) in [5.74, 6) is 0. The van der Waals surface area contributed by atoms with Gasteiger partial charge in [-0.15, -0.1) is 11.8 Å². The molecule has 0 N–H and O–H groups in total. The zero-order valence-corrected chi connectivity index (χ0v) is 21.7. The SMILES string of the molecule is CSC(/N=C/N(C)C)=C(\C#N)[P+](c1ccccc1)(c1ccccc1)c1ccccc1.[I-]. The highest BCUT2D eigenvalue weighted by Gasteiger charge is 2.51. The molecule has 0 atom stereocenters. The normalized spacial score (nSPS) is 11.9. The van der Waals surface area contributed by atoms with Crippen LogP contribution < -0.4 is 39.9 Å². The molecule has 0 unspecified atom stereocenters. The van der Waals surface area contributed by atoms with E-state index >= 15 is 0 Å². The summed E-state index contributed by atoms with van der Waals surface area (Å²) >= 11 is 1.52. The molecule has 0 aliphatic carbocycles. The smallest absolute Gasteiger partial charge is 0.217 e. The second-order valence-electron chi connectivity index (χ2n) is 6.86. The van der Waals surface area contributed by atoms with Crippen LogP contribution in [0, 0.1) is 11.3 Å². The van der Waals surface area contributed by atoms with Crippen LogP contribution >= 0.6 is 19.0 Å². The Labute approximate surface area is 207 Å². The Hall–Kier alpha value is -2.13. The molecule has 6 heteroatoms. The van der Waals surface area contributed by atoms with Crippen LogP contribution in [0.1, 0.15) is 0 Å². The fraction of sp³-hybridized carbons (Fsp3) is 0.120. The van der Waals surface area contributed by atoms with E-state index in [1.807, 2.05) is 79.8 Å². The Morgan fingerprint density at radius 2 is 1.23 bits per heavy atom. The molecular weight excluding hydrogens is 532 g/mol.